The Morgan fingerprint density at radius 2 is 1.76 bits per heavy atom. The summed E-state index contributed by atoms with van der Waals surface area (Å²) in [6.45, 7) is 1.50. The van der Waals surface area contributed by atoms with Crippen LogP contribution >= 0.6 is 0 Å². The van der Waals surface area contributed by atoms with Crippen LogP contribution in [0.1, 0.15) is 39.1 Å². The van der Waals surface area contributed by atoms with E-state index in [9.17, 15) is 30.0 Å². The van der Waals surface area contributed by atoms with E-state index in [1.807, 2.05) is 0 Å². The fourth-order valence-electron chi connectivity index (χ4n) is 3.03. The highest BCUT2D eigenvalue weighted by Crippen LogP contribution is 2.43. The summed E-state index contributed by atoms with van der Waals surface area (Å²) in [6, 6.07) is 1.20. The van der Waals surface area contributed by atoms with E-state index in [1.54, 1.807) is 0 Å². The Kier molecular flexibility index (Phi) is 2.89. The number of Topliss-reactive ketones (excluding diaryl/α,β-unsaturated/α-hetero) is 2. The molecule has 0 saturated heterocycles. The number of hydrogen-bond acceptors (Lipinski definition) is 6. The Bertz CT molecular complexity index is 715. The van der Waals surface area contributed by atoms with Gasteiger partial charge in [0.15, 0.2) is 11.6 Å². The average Bonchev–Trinajstić information content (AvgIpc) is 2.39. The van der Waals surface area contributed by atoms with Gasteiger partial charge >= 0.3 is 0 Å². The number of carbonyl (C=O) groups excluding carboxylic acids is 2. The van der Waals surface area contributed by atoms with E-state index >= 15 is 0 Å². The van der Waals surface area contributed by atoms with Crippen molar-refractivity contribution >= 4 is 11.6 Å². The van der Waals surface area contributed by atoms with Gasteiger partial charge in [0.05, 0.1) is 23.3 Å². The number of ketones is 2. The van der Waals surface area contributed by atoms with E-state index in [4.69, 9.17) is 0 Å². The quantitative estimate of drug-likeness (QED) is 0.520. The van der Waals surface area contributed by atoms with Crippen LogP contribution in [0.2, 0.25) is 0 Å². The predicted molar refractivity (Wildman–Crippen MR) is 71.4 cm³/mol. The van der Waals surface area contributed by atoms with Gasteiger partial charge < -0.3 is 20.4 Å². The number of aryl methyl sites for hydroxylation is 1. The first-order valence-corrected chi connectivity index (χ1v) is 6.57. The van der Waals surface area contributed by atoms with Crippen molar-refractivity contribution in [3.05, 3.63) is 33.9 Å². The van der Waals surface area contributed by atoms with E-state index in [1.165, 1.54) is 13.0 Å². The summed E-state index contributed by atoms with van der Waals surface area (Å²) in [4.78, 5) is 25.0. The number of phenols is 2. The highest BCUT2D eigenvalue weighted by Gasteiger charge is 2.42. The van der Waals surface area contributed by atoms with Gasteiger partial charge in [-0.3, -0.25) is 9.59 Å². The zero-order chi connectivity index (χ0) is 15.5. The molecular weight excluding hydrogens is 276 g/mol. The van der Waals surface area contributed by atoms with Crippen molar-refractivity contribution in [2.24, 2.45) is 0 Å². The smallest absolute Gasteiger partial charge is 0.196 e. The standard InChI is InChI=1S/C15H14O6/c1-5-2-8(17)11-12(13(5)19)14(20)7-3-6(16)4-9(18)10(7)15(11)21/h2,6,9,16-19H,3-4H2,1H3/t6-,9+/m1/s1. The molecule has 2 aliphatic rings. The van der Waals surface area contributed by atoms with Gasteiger partial charge in [0.2, 0.25) is 0 Å². The molecule has 0 aromatic heterocycles. The van der Waals surface area contributed by atoms with Crippen molar-refractivity contribution in [1.29, 1.82) is 0 Å². The average molecular weight is 290 g/mol. The first kappa shape index (κ1) is 13.8. The van der Waals surface area contributed by atoms with Gasteiger partial charge in [-0.15, -0.1) is 0 Å². The van der Waals surface area contributed by atoms with Crippen molar-refractivity contribution in [2.75, 3.05) is 0 Å². The number of fused-ring (bicyclic) bond motifs is 1. The molecule has 0 aliphatic heterocycles. The van der Waals surface area contributed by atoms with Crippen molar-refractivity contribution in [1.82, 2.24) is 0 Å². The van der Waals surface area contributed by atoms with Crippen LogP contribution in [0.5, 0.6) is 11.5 Å². The molecule has 0 fully saturated rings. The maximum atomic E-state index is 12.5. The number of rotatable bonds is 0. The molecule has 0 bridgehead atoms. The van der Waals surface area contributed by atoms with E-state index in [2.05, 4.69) is 0 Å². The van der Waals surface area contributed by atoms with Crippen LogP contribution in [-0.2, 0) is 0 Å². The van der Waals surface area contributed by atoms with Gasteiger partial charge in [-0.25, -0.2) is 0 Å². The number of aliphatic hydroxyl groups excluding tert-OH is 2. The lowest BCUT2D eigenvalue weighted by molar-refractivity contribution is 0.0705. The third kappa shape index (κ3) is 1.80. The first-order chi connectivity index (χ1) is 9.82. The minimum absolute atomic E-state index is 0.0130. The zero-order valence-electron chi connectivity index (χ0n) is 11.3. The second-order valence-corrected chi connectivity index (χ2v) is 5.47. The fourth-order valence-corrected chi connectivity index (χ4v) is 3.03. The molecule has 3 rings (SSSR count). The second-order valence-electron chi connectivity index (χ2n) is 5.47. The molecule has 0 saturated carbocycles. The Hall–Kier alpha value is -2.18. The summed E-state index contributed by atoms with van der Waals surface area (Å²) in [5.74, 6) is -2.06. The highest BCUT2D eigenvalue weighted by atomic mass is 16.3. The molecule has 1 aromatic carbocycles. The normalized spacial score (nSPS) is 24.9. The molecule has 0 amide bonds. The van der Waals surface area contributed by atoms with E-state index in [0.717, 1.165) is 0 Å². The number of phenolic OH excluding ortho intramolecular Hbond substituents is 2. The number of hydrogen-bond donors (Lipinski definition) is 4. The Balaban J connectivity index is 2.31. The summed E-state index contributed by atoms with van der Waals surface area (Å²) >= 11 is 0. The van der Waals surface area contributed by atoms with Gasteiger partial charge in [0.1, 0.15) is 11.5 Å². The fraction of sp³-hybridized carbons (Fsp3) is 0.333. The second kappa shape index (κ2) is 4.41. The Morgan fingerprint density at radius 1 is 1.10 bits per heavy atom. The van der Waals surface area contributed by atoms with Gasteiger partial charge in [0.25, 0.3) is 0 Å². The highest BCUT2D eigenvalue weighted by molar-refractivity contribution is 6.29. The minimum Gasteiger partial charge on any atom is -0.507 e. The Labute approximate surface area is 120 Å². The summed E-state index contributed by atoms with van der Waals surface area (Å²) in [7, 11) is 0. The molecule has 110 valence electrons. The summed E-state index contributed by atoms with van der Waals surface area (Å²) in [5.41, 5.74) is -0.335. The molecule has 2 atom stereocenters. The molecule has 1 aromatic rings. The minimum atomic E-state index is -1.25. The van der Waals surface area contributed by atoms with Crippen LogP contribution in [0.4, 0.5) is 0 Å². The lowest BCUT2D eigenvalue weighted by Crippen LogP contribution is -2.36. The molecule has 0 heterocycles. The molecule has 0 unspecified atom stereocenters. The Morgan fingerprint density at radius 3 is 2.43 bits per heavy atom. The molecule has 6 nitrogen and oxygen atoms in total. The van der Waals surface area contributed by atoms with E-state index in [-0.39, 0.29) is 46.4 Å². The topological polar surface area (TPSA) is 115 Å². The predicted octanol–water partition coefficient (Wildman–Crippen LogP) is 0.597. The molecule has 6 heteroatoms. The summed E-state index contributed by atoms with van der Waals surface area (Å²) < 4.78 is 0. The third-order valence-electron chi connectivity index (χ3n) is 4.04. The van der Waals surface area contributed by atoms with Crippen molar-refractivity contribution in [3.8, 4) is 11.5 Å². The summed E-state index contributed by atoms with van der Waals surface area (Å²) in [5, 5.41) is 39.6. The monoisotopic (exact) mass is 290 g/mol. The molecule has 0 radical (unpaired) electrons. The summed E-state index contributed by atoms with van der Waals surface area (Å²) in [6.07, 6.45) is -2.26. The van der Waals surface area contributed by atoms with Crippen LogP contribution in [0.25, 0.3) is 0 Å². The largest absolute Gasteiger partial charge is 0.507 e. The first-order valence-electron chi connectivity index (χ1n) is 6.57. The van der Waals surface area contributed by atoms with Gasteiger partial charge in [-0.1, -0.05) is 0 Å². The van der Waals surface area contributed by atoms with E-state index in [0.29, 0.717) is 0 Å². The van der Waals surface area contributed by atoms with Crippen LogP contribution < -0.4 is 0 Å². The van der Waals surface area contributed by atoms with Crippen LogP contribution in [-0.4, -0.2) is 44.2 Å². The maximum absolute atomic E-state index is 12.5. The van der Waals surface area contributed by atoms with Gasteiger partial charge in [0, 0.05) is 24.0 Å². The third-order valence-corrected chi connectivity index (χ3v) is 4.04. The molecular formula is C15H14O6. The molecule has 0 spiro atoms. The zero-order valence-corrected chi connectivity index (χ0v) is 11.3. The lowest BCUT2D eigenvalue weighted by atomic mass is 9.74. The SMILES string of the molecule is Cc1cc(O)c2c(c1O)C(=O)C1=C(C2=O)[C@@H](O)C[C@H](O)C1. The van der Waals surface area contributed by atoms with E-state index < -0.39 is 29.5 Å². The lowest BCUT2D eigenvalue weighted by Gasteiger charge is -2.31. The number of aromatic hydroxyl groups is 2. The van der Waals surface area contributed by atoms with Crippen molar-refractivity contribution < 1.29 is 30.0 Å². The maximum Gasteiger partial charge on any atom is 0.196 e. The van der Waals surface area contributed by atoms with Gasteiger partial charge in [-0.05, 0) is 18.6 Å². The van der Waals surface area contributed by atoms with Crippen LogP contribution in [0.15, 0.2) is 17.2 Å². The number of benzene rings is 1. The van der Waals surface area contributed by atoms with Crippen LogP contribution in [0, 0.1) is 6.92 Å². The molecule has 2 aliphatic carbocycles. The molecule has 4 N–H and O–H groups in total. The van der Waals surface area contributed by atoms with Crippen molar-refractivity contribution in [3.63, 3.8) is 0 Å². The number of carbonyl (C=O) groups is 2. The van der Waals surface area contributed by atoms with Crippen LogP contribution in [0.3, 0.4) is 0 Å². The number of aliphatic hydroxyl groups is 2. The van der Waals surface area contributed by atoms with Crippen molar-refractivity contribution in [2.45, 2.75) is 32.0 Å². The van der Waals surface area contributed by atoms with Gasteiger partial charge in [-0.2, -0.15) is 0 Å². The molecule has 21 heavy (non-hydrogen) atoms.